The highest BCUT2D eigenvalue weighted by atomic mass is 32.2. The van der Waals surface area contributed by atoms with Crippen molar-refractivity contribution in [1.29, 1.82) is 0 Å². The van der Waals surface area contributed by atoms with Crippen molar-refractivity contribution in [2.24, 2.45) is 0 Å². The zero-order valence-electron chi connectivity index (χ0n) is 25.3. The van der Waals surface area contributed by atoms with Crippen molar-refractivity contribution in [2.75, 3.05) is 19.9 Å². The van der Waals surface area contributed by atoms with Crippen LogP contribution < -0.4 is 10.1 Å². The Bertz CT molecular complexity index is 1610. The fraction of sp³-hybridized carbons (Fsp3) is 0.257. The van der Waals surface area contributed by atoms with Gasteiger partial charge in [0.2, 0.25) is 21.8 Å². The lowest BCUT2D eigenvalue weighted by Crippen LogP contribution is -2.53. The van der Waals surface area contributed by atoms with E-state index in [1.165, 1.54) is 4.90 Å². The number of hydrogen-bond acceptors (Lipinski definition) is 5. The molecule has 0 spiro atoms. The van der Waals surface area contributed by atoms with Crippen LogP contribution in [0, 0.1) is 6.92 Å². The number of aryl methyl sites for hydroxylation is 1. The van der Waals surface area contributed by atoms with Gasteiger partial charge >= 0.3 is 0 Å². The van der Waals surface area contributed by atoms with E-state index in [-0.39, 0.29) is 25.4 Å². The van der Waals surface area contributed by atoms with Gasteiger partial charge in [0.05, 0.1) is 19.9 Å². The Balaban J connectivity index is 1.68. The number of sulfonamides is 1. The zero-order chi connectivity index (χ0) is 31.5. The van der Waals surface area contributed by atoms with Gasteiger partial charge in [0.15, 0.2) is 0 Å². The second-order valence-electron chi connectivity index (χ2n) is 10.8. The molecule has 2 amide bonds. The average molecular weight is 614 g/mol. The number of hydrogen-bond donors (Lipinski definition) is 1. The molecule has 0 radical (unpaired) electrons. The topological polar surface area (TPSA) is 96.0 Å². The molecule has 0 heterocycles. The second kappa shape index (κ2) is 15.3. The first-order valence-electron chi connectivity index (χ1n) is 14.4. The molecule has 1 atom stereocenters. The van der Waals surface area contributed by atoms with Crippen LogP contribution >= 0.6 is 0 Å². The van der Waals surface area contributed by atoms with Crippen molar-refractivity contribution >= 4 is 21.8 Å². The molecule has 0 aliphatic carbocycles. The summed E-state index contributed by atoms with van der Waals surface area (Å²) in [4.78, 5) is 29.6. The molecule has 4 aromatic carbocycles. The summed E-state index contributed by atoms with van der Waals surface area (Å²) in [5.74, 6) is -0.145. The highest BCUT2D eigenvalue weighted by molar-refractivity contribution is 7.88. The summed E-state index contributed by atoms with van der Waals surface area (Å²) >= 11 is 0. The van der Waals surface area contributed by atoms with E-state index in [0.29, 0.717) is 12.3 Å². The van der Waals surface area contributed by atoms with Crippen molar-refractivity contribution in [3.63, 3.8) is 0 Å². The van der Waals surface area contributed by atoms with E-state index >= 15 is 0 Å². The predicted molar refractivity (Wildman–Crippen MR) is 172 cm³/mol. The normalized spacial score (nSPS) is 12.0. The standard InChI is InChI=1S/C35H39N3O5S/c1-27-14-16-29(17-15-27)23-36-35(40)33(22-28-10-6-4-7-11-28)38(25-31-18-20-32(43-2)21-19-31)34(39)26-37(44(3,41)42)24-30-12-8-5-9-13-30/h4-21,33H,22-26H2,1-3H3,(H,36,40)/t33-/m1/s1. The fourth-order valence-electron chi connectivity index (χ4n) is 4.81. The smallest absolute Gasteiger partial charge is 0.243 e. The third kappa shape index (κ3) is 9.52. The van der Waals surface area contributed by atoms with E-state index in [1.807, 2.05) is 104 Å². The molecule has 0 fully saturated rings. The number of carbonyl (C=O) groups is 2. The summed E-state index contributed by atoms with van der Waals surface area (Å²) in [5.41, 5.74) is 4.45. The molecule has 0 aliphatic heterocycles. The first kappa shape index (κ1) is 32.4. The molecule has 0 saturated heterocycles. The van der Waals surface area contributed by atoms with Crippen LogP contribution in [0.4, 0.5) is 0 Å². The molecule has 44 heavy (non-hydrogen) atoms. The minimum atomic E-state index is -3.76. The largest absolute Gasteiger partial charge is 0.497 e. The van der Waals surface area contributed by atoms with E-state index in [1.54, 1.807) is 19.2 Å². The monoisotopic (exact) mass is 613 g/mol. The third-order valence-electron chi connectivity index (χ3n) is 7.35. The maximum atomic E-state index is 14.2. The molecular formula is C35H39N3O5S. The lowest BCUT2D eigenvalue weighted by molar-refractivity contribution is -0.141. The number of rotatable bonds is 14. The first-order chi connectivity index (χ1) is 21.1. The number of methoxy groups -OCH3 is 1. The Hall–Kier alpha value is -4.47. The van der Waals surface area contributed by atoms with Crippen molar-refractivity contribution in [2.45, 2.75) is 39.0 Å². The van der Waals surface area contributed by atoms with Crippen LogP contribution in [0.2, 0.25) is 0 Å². The number of amides is 2. The highest BCUT2D eigenvalue weighted by Crippen LogP contribution is 2.19. The van der Waals surface area contributed by atoms with Gasteiger partial charge in [0.1, 0.15) is 11.8 Å². The highest BCUT2D eigenvalue weighted by Gasteiger charge is 2.33. The molecule has 4 aromatic rings. The summed E-state index contributed by atoms with van der Waals surface area (Å²) in [7, 11) is -2.18. The SMILES string of the molecule is COc1ccc(CN(C(=O)CN(Cc2ccccc2)S(C)(=O)=O)[C@H](Cc2ccccc2)C(=O)NCc2ccc(C)cc2)cc1. The quantitative estimate of drug-likeness (QED) is 0.222. The number of carbonyl (C=O) groups excluding carboxylic acids is 2. The van der Waals surface area contributed by atoms with Crippen molar-refractivity contribution < 1.29 is 22.7 Å². The molecule has 0 aromatic heterocycles. The number of nitrogens with zero attached hydrogens (tertiary/aromatic N) is 2. The van der Waals surface area contributed by atoms with Gasteiger partial charge in [-0.05, 0) is 41.3 Å². The van der Waals surface area contributed by atoms with Crippen LogP contribution in [0.5, 0.6) is 5.75 Å². The summed E-state index contributed by atoms with van der Waals surface area (Å²) in [6.45, 7) is 2.00. The van der Waals surface area contributed by atoms with Gasteiger partial charge in [-0.3, -0.25) is 9.59 Å². The van der Waals surface area contributed by atoms with Crippen LogP contribution in [0.1, 0.15) is 27.8 Å². The molecule has 0 bridgehead atoms. The molecule has 1 N–H and O–H groups in total. The van der Waals surface area contributed by atoms with E-state index in [0.717, 1.165) is 38.4 Å². The maximum Gasteiger partial charge on any atom is 0.243 e. The van der Waals surface area contributed by atoms with Crippen LogP contribution in [0.15, 0.2) is 109 Å². The summed E-state index contributed by atoms with van der Waals surface area (Å²) in [6.07, 6.45) is 1.34. The molecule has 0 aliphatic rings. The Morgan fingerprint density at radius 1 is 0.750 bits per heavy atom. The van der Waals surface area contributed by atoms with E-state index in [2.05, 4.69) is 5.32 Å². The Morgan fingerprint density at radius 2 is 1.30 bits per heavy atom. The van der Waals surface area contributed by atoms with Gasteiger partial charge in [-0.1, -0.05) is 103 Å². The fourth-order valence-corrected chi connectivity index (χ4v) is 5.54. The van der Waals surface area contributed by atoms with E-state index in [4.69, 9.17) is 4.74 Å². The molecule has 230 valence electrons. The lowest BCUT2D eigenvalue weighted by Gasteiger charge is -2.33. The van der Waals surface area contributed by atoms with Crippen LogP contribution in [0.25, 0.3) is 0 Å². The minimum Gasteiger partial charge on any atom is -0.497 e. The third-order valence-corrected chi connectivity index (χ3v) is 8.55. The molecule has 8 nitrogen and oxygen atoms in total. The first-order valence-corrected chi connectivity index (χ1v) is 16.3. The molecular weight excluding hydrogens is 574 g/mol. The van der Waals surface area contributed by atoms with Crippen molar-refractivity contribution in [1.82, 2.24) is 14.5 Å². The number of nitrogens with one attached hydrogen (secondary N) is 1. The van der Waals surface area contributed by atoms with Crippen molar-refractivity contribution in [3.8, 4) is 5.75 Å². The lowest BCUT2D eigenvalue weighted by atomic mass is 10.0. The van der Waals surface area contributed by atoms with Gasteiger partial charge in [0.25, 0.3) is 0 Å². The molecule has 0 saturated carbocycles. The second-order valence-corrected chi connectivity index (χ2v) is 12.8. The summed E-state index contributed by atoms with van der Waals surface area (Å²) in [5, 5.41) is 3.02. The van der Waals surface area contributed by atoms with Crippen molar-refractivity contribution in [3.05, 3.63) is 137 Å². The van der Waals surface area contributed by atoms with Gasteiger partial charge in [0, 0.05) is 26.1 Å². The molecule has 4 rings (SSSR count). The van der Waals surface area contributed by atoms with Gasteiger partial charge < -0.3 is 15.0 Å². The maximum absolute atomic E-state index is 14.2. The number of benzene rings is 4. The summed E-state index contributed by atoms with van der Waals surface area (Å²) < 4.78 is 32.2. The minimum absolute atomic E-state index is 0.0325. The Labute approximate surface area is 260 Å². The average Bonchev–Trinajstić information content (AvgIpc) is 3.02. The predicted octanol–water partition coefficient (Wildman–Crippen LogP) is 4.72. The van der Waals surface area contributed by atoms with Crippen LogP contribution in [0.3, 0.4) is 0 Å². The van der Waals surface area contributed by atoms with E-state index in [9.17, 15) is 18.0 Å². The van der Waals surface area contributed by atoms with Gasteiger partial charge in [-0.25, -0.2) is 8.42 Å². The van der Waals surface area contributed by atoms with E-state index < -0.39 is 28.5 Å². The van der Waals surface area contributed by atoms with Crippen LogP contribution in [-0.4, -0.2) is 55.4 Å². The molecule has 9 heteroatoms. The molecule has 0 unspecified atom stereocenters. The van der Waals surface area contributed by atoms with Crippen LogP contribution in [-0.2, 0) is 45.7 Å². The van der Waals surface area contributed by atoms with Gasteiger partial charge in [-0.2, -0.15) is 4.31 Å². The zero-order valence-corrected chi connectivity index (χ0v) is 26.2. The number of ether oxygens (including phenoxy) is 1. The summed E-state index contributed by atoms with van der Waals surface area (Å²) in [6, 6.07) is 32.8. The Morgan fingerprint density at radius 3 is 1.86 bits per heavy atom. The Kier molecular flexibility index (Phi) is 11.3. The van der Waals surface area contributed by atoms with Gasteiger partial charge in [-0.15, -0.1) is 0 Å².